The maximum Gasteiger partial charge on any atom is 0.256 e. The monoisotopic (exact) mass is 238 g/mol. The first-order valence-corrected chi connectivity index (χ1v) is 6.08. The van der Waals surface area contributed by atoms with Crippen LogP contribution in [0.4, 0.5) is 5.69 Å². The number of carbonyl (C=O) groups excluding carboxylic acids is 1. The number of aromatic amines is 1. The minimum Gasteiger partial charge on any atom is -0.359 e. The van der Waals surface area contributed by atoms with Crippen molar-refractivity contribution < 1.29 is 4.79 Å². The van der Waals surface area contributed by atoms with Crippen molar-refractivity contribution >= 4 is 23.2 Å². The van der Waals surface area contributed by atoms with Crippen molar-refractivity contribution in [3.8, 4) is 0 Å². The van der Waals surface area contributed by atoms with Gasteiger partial charge in [0.2, 0.25) is 0 Å². The fraction of sp³-hybridized carbons (Fsp3) is 0.133. The molecule has 3 rings (SSSR count). The molecule has 0 atom stereocenters. The molecule has 0 spiro atoms. The highest BCUT2D eigenvalue weighted by molar-refractivity contribution is 6.34. The van der Waals surface area contributed by atoms with E-state index in [1.807, 2.05) is 42.5 Å². The number of amides is 1. The standard InChI is InChI=1S/C15H14N2O/c1-2-10-7-8-11(16-10)9-13-12-5-3-4-6-14(12)17-15(13)18/h3-9,16H,2H2,1H3,(H,17,18)/b13-9+. The van der Waals surface area contributed by atoms with E-state index in [2.05, 4.69) is 17.2 Å². The fourth-order valence-electron chi connectivity index (χ4n) is 2.19. The number of fused-ring (bicyclic) bond motifs is 1. The first-order chi connectivity index (χ1) is 8.78. The summed E-state index contributed by atoms with van der Waals surface area (Å²) in [5.41, 5.74) is 4.71. The number of para-hydroxylation sites is 1. The molecule has 18 heavy (non-hydrogen) atoms. The highest BCUT2D eigenvalue weighted by Crippen LogP contribution is 2.32. The van der Waals surface area contributed by atoms with Gasteiger partial charge in [0.25, 0.3) is 5.91 Å². The van der Waals surface area contributed by atoms with Gasteiger partial charge < -0.3 is 10.3 Å². The summed E-state index contributed by atoms with van der Waals surface area (Å²) in [6.07, 6.45) is 2.87. The molecule has 1 amide bonds. The van der Waals surface area contributed by atoms with Crippen LogP contribution in [0.2, 0.25) is 0 Å². The zero-order chi connectivity index (χ0) is 12.5. The van der Waals surface area contributed by atoms with Gasteiger partial charge in [-0.3, -0.25) is 4.79 Å². The molecule has 0 radical (unpaired) electrons. The Morgan fingerprint density at radius 2 is 2.00 bits per heavy atom. The minimum atomic E-state index is -0.0381. The average molecular weight is 238 g/mol. The first kappa shape index (κ1) is 10.8. The third-order valence-electron chi connectivity index (χ3n) is 3.16. The topological polar surface area (TPSA) is 44.9 Å². The Bertz CT molecular complexity index is 637. The number of hydrogen-bond donors (Lipinski definition) is 2. The Balaban J connectivity index is 2.04. The van der Waals surface area contributed by atoms with Crippen molar-refractivity contribution in [2.45, 2.75) is 13.3 Å². The van der Waals surface area contributed by atoms with Crippen molar-refractivity contribution in [2.24, 2.45) is 0 Å². The molecule has 1 aliphatic rings. The summed E-state index contributed by atoms with van der Waals surface area (Å²) >= 11 is 0. The molecular formula is C15H14N2O. The molecule has 0 aliphatic carbocycles. The van der Waals surface area contributed by atoms with Crippen LogP contribution in [0.5, 0.6) is 0 Å². The number of hydrogen-bond acceptors (Lipinski definition) is 1. The Hall–Kier alpha value is -2.29. The quantitative estimate of drug-likeness (QED) is 0.776. The third-order valence-corrected chi connectivity index (χ3v) is 3.16. The number of H-pyrrole nitrogens is 1. The highest BCUT2D eigenvalue weighted by atomic mass is 16.2. The molecule has 3 heteroatoms. The van der Waals surface area contributed by atoms with E-state index in [0.29, 0.717) is 0 Å². The first-order valence-electron chi connectivity index (χ1n) is 6.08. The predicted octanol–water partition coefficient (Wildman–Crippen LogP) is 3.07. The fourth-order valence-corrected chi connectivity index (χ4v) is 2.19. The second kappa shape index (κ2) is 4.18. The Kier molecular flexibility index (Phi) is 2.52. The summed E-state index contributed by atoms with van der Waals surface area (Å²) in [4.78, 5) is 15.2. The minimum absolute atomic E-state index is 0.0381. The highest BCUT2D eigenvalue weighted by Gasteiger charge is 2.23. The number of aromatic nitrogens is 1. The van der Waals surface area contributed by atoms with Crippen LogP contribution in [0.25, 0.3) is 11.6 Å². The van der Waals surface area contributed by atoms with E-state index in [0.717, 1.165) is 28.9 Å². The molecule has 3 nitrogen and oxygen atoms in total. The lowest BCUT2D eigenvalue weighted by molar-refractivity contribution is -0.110. The Morgan fingerprint density at radius 1 is 1.17 bits per heavy atom. The van der Waals surface area contributed by atoms with Gasteiger partial charge in [-0.15, -0.1) is 0 Å². The average Bonchev–Trinajstić information content (AvgIpc) is 2.96. The maximum atomic E-state index is 11.9. The van der Waals surface area contributed by atoms with Gasteiger partial charge in [-0.1, -0.05) is 25.1 Å². The second-order valence-electron chi connectivity index (χ2n) is 4.35. The molecule has 0 saturated carbocycles. The van der Waals surface area contributed by atoms with E-state index in [9.17, 15) is 4.79 Å². The summed E-state index contributed by atoms with van der Waals surface area (Å²) < 4.78 is 0. The molecule has 2 heterocycles. The molecular weight excluding hydrogens is 224 g/mol. The van der Waals surface area contributed by atoms with Crippen molar-refractivity contribution in [3.63, 3.8) is 0 Å². The zero-order valence-corrected chi connectivity index (χ0v) is 10.2. The van der Waals surface area contributed by atoms with Crippen LogP contribution in [0.1, 0.15) is 23.9 Å². The Morgan fingerprint density at radius 3 is 2.78 bits per heavy atom. The van der Waals surface area contributed by atoms with E-state index < -0.39 is 0 Å². The number of rotatable bonds is 2. The Labute approximate surface area is 106 Å². The summed E-state index contributed by atoms with van der Waals surface area (Å²) in [5.74, 6) is -0.0381. The number of carbonyl (C=O) groups is 1. The lowest BCUT2D eigenvalue weighted by Gasteiger charge is -1.96. The van der Waals surface area contributed by atoms with Gasteiger partial charge in [-0.05, 0) is 30.7 Å². The van der Waals surface area contributed by atoms with Gasteiger partial charge in [0.05, 0.1) is 5.57 Å². The summed E-state index contributed by atoms with van der Waals surface area (Å²) in [6, 6.07) is 11.8. The summed E-state index contributed by atoms with van der Waals surface area (Å²) in [5, 5.41) is 2.87. The van der Waals surface area contributed by atoms with E-state index in [4.69, 9.17) is 0 Å². The van der Waals surface area contributed by atoms with Gasteiger partial charge in [-0.2, -0.15) is 0 Å². The maximum absolute atomic E-state index is 11.9. The number of anilines is 1. The number of benzene rings is 1. The lowest BCUT2D eigenvalue weighted by atomic mass is 10.1. The van der Waals surface area contributed by atoms with Crippen LogP contribution in [0.3, 0.4) is 0 Å². The molecule has 1 aliphatic heterocycles. The molecule has 0 bridgehead atoms. The van der Waals surface area contributed by atoms with E-state index >= 15 is 0 Å². The van der Waals surface area contributed by atoms with Gasteiger partial charge >= 0.3 is 0 Å². The van der Waals surface area contributed by atoms with Gasteiger partial charge in [-0.25, -0.2) is 0 Å². The lowest BCUT2D eigenvalue weighted by Crippen LogP contribution is -2.03. The third kappa shape index (κ3) is 1.74. The van der Waals surface area contributed by atoms with Crippen LogP contribution in [0, 0.1) is 0 Å². The molecule has 0 unspecified atom stereocenters. The molecule has 2 N–H and O–H groups in total. The number of nitrogens with one attached hydrogen (secondary N) is 2. The molecule has 90 valence electrons. The molecule has 2 aromatic rings. The molecule has 0 saturated heterocycles. The smallest absolute Gasteiger partial charge is 0.256 e. The van der Waals surface area contributed by atoms with E-state index in [-0.39, 0.29) is 5.91 Å². The van der Waals surface area contributed by atoms with Crippen molar-refractivity contribution in [2.75, 3.05) is 5.32 Å². The van der Waals surface area contributed by atoms with Crippen molar-refractivity contribution in [3.05, 3.63) is 53.3 Å². The van der Waals surface area contributed by atoms with Gasteiger partial charge in [0.1, 0.15) is 0 Å². The van der Waals surface area contributed by atoms with Crippen molar-refractivity contribution in [1.82, 2.24) is 4.98 Å². The van der Waals surface area contributed by atoms with E-state index in [1.165, 1.54) is 5.69 Å². The molecule has 0 fully saturated rings. The van der Waals surface area contributed by atoms with Crippen LogP contribution < -0.4 is 5.32 Å². The normalized spacial score (nSPS) is 15.8. The molecule has 1 aromatic carbocycles. The number of aryl methyl sites for hydroxylation is 1. The van der Waals surface area contributed by atoms with Crippen molar-refractivity contribution in [1.29, 1.82) is 0 Å². The van der Waals surface area contributed by atoms with Crippen LogP contribution in [-0.4, -0.2) is 10.9 Å². The molecule has 1 aromatic heterocycles. The predicted molar refractivity (Wildman–Crippen MR) is 73.1 cm³/mol. The zero-order valence-electron chi connectivity index (χ0n) is 10.2. The van der Waals surface area contributed by atoms with E-state index in [1.54, 1.807) is 0 Å². The van der Waals surface area contributed by atoms with Gasteiger partial charge in [0, 0.05) is 22.6 Å². The largest absolute Gasteiger partial charge is 0.359 e. The summed E-state index contributed by atoms with van der Waals surface area (Å²) in [7, 11) is 0. The van der Waals surface area contributed by atoms with Gasteiger partial charge in [0.15, 0.2) is 0 Å². The summed E-state index contributed by atoms with van der Waals surface area (Å²) in [6.45, 7) is 2.10. The SMILES string of the molecule is CCc1ccc(/C=C2/C(=O)Nc3ccccc32)[nH]1. The second-order valence-corrected chi connectivity index (χ2v) is 4.35. The van der Waals surface area contributed by atoms with Crippen LogP contribution in [-0.2, 0) is 11.2 Å². The van der Waals surface area contributed by atoms with Crippen LogP contribution >= 0.6 is 0 Å². The van der Waals surface area contributed by atoms with Crippen LogP contribution in [0.15, 0.2) is 36.4 Å².